The van der Waals surface area contributed by atoms with Crippen molar-refractivity contribution in [2.45, 2.75) is 153 Å². The summed E-state index contributed by atoms with van der Waals surface area (Å²) in [6.45, 7) is 2.70. The highest BCUT2D eigenvalue weighted by molar-refractivity contribution is 7.47. The quantitative estimate of drug-likeness (QED) is 0.0758. The molecule has 1 aliphatic carbocycles. The number of phosphoric ester groups is 1. The Morgan fingerprint density at radius 3 is 1.69 bits per heavy atom. The predicted molar refractivity (Wildman–Crippen MR) is 150 cm³/mol. The van der Waals surface area contributed by atoms with Crippen molar-refractivity contribution in [1.82, 2.24) is 0 Å². The van der Waals surface area contributed by atoms with E-state index in [1.54, 1.807) is 0 Å². The number of aliphatic hydroxyl groups is 4. The van der Waals surface area contributed by atoms with Gasteiger partial charge in [0.1, 0.15) is 24.4 Å². The SMILES string of the molecule is CCCCCCCCCCCCCCCCCCOC[C@H](COP(=O)(O)O[C@H]1[C@H](O)[C@@H](O)[C@H](O)C[C@@H]1O)OC. The molecule has 0 aliphatic heterocycles. The molecule has 0 saturated heterocycles. The summed E-state index contributed by atoms with van der Waals surface area (Å²) in [5.41, 5.74) is 0. The molecule has 7 atom stereocenters. The minimum atomic E-state index is -4.68. The van der Waals surface area contributed by atoms with Crippen LogP contribution in [0.5, 0.6) is 0 Å². The molecule has 1 aliphatic rings. The molecule has 0 aromatic carbocycles. The van der Waals surface area contributed by atoms with E-state index in [1.807, 2.05) is 0 Å². The molecule has 1 fully saturated rings. The van der Waals surface area contributed by atoms with Crippen LogP contribution in [0.25, 0.3) is 0 Å². The zero-order valence-corrected chi connectivity index (χ0v) is 25.2. The van der Waals surface area contributed by atoms with Crippen molar-refractivity contribution < 1.29 is 48.4 Å². The molecule has 39 heavy (non-hydrogen) atoms. The summed E-state index contributed by atoms with van der Waals surface area (Å²) >= 11 is 0. The molecule has 1 unspecified atom stereocenters. The lowest BCUT2D eigenvalue weighted by Crippen LogP contribution is -2.56. The van der Waals surface area contributed by atoms with E-state index >= 15 is 0 Å². The Kier molecular flexibility index (Phi) is 21.3. The molecule has 0 heterocycles. The number of unbranched alkanes of at least 4 members (excludes halogenated alkanes) is 15. The second-order valence-electron chi connectivity index (χ2n) is 10.9. The lowest BCUT2D eigenvalue weighted by Gasteiger charge is -2.38. The second-order valence-corrected chi connectivity index (χ2v) is 12.3. The monoisotopic (exact) mass is 584 g/mol. The summed E-state index contributed by atoms with van der Waals surface area (Å²) < 4.78 is 33.0. The van der Waals surface area contributed by atoms with E-state index in [4.69, 9.17) is 18.5 Å². The van der Waals surface area contributed by atoms with Gasteiger partial charge in [0.15, 0.2) is 0 Å². The van der Waals surface area contributed by atoms with Crippen LogP contribution in [-0.4, -0.2) is 88.9 Å². The van der Waals surface area contributed by atoms with Crippen molar-refractivity contribution >= 4 is 7.82 Å². The molecule has 0 radical (unpaired) electrons. The molecule has 0 spiro atoms. The maximum atomic E-state index is 12.3. The largest absolute Gasteiger partial charge is 0.472 e. The molecular formula is C28H57O10P. The smallest absolute Gasteiger partial charge is 0.390 e. The van der Waals surface area contributed by atoms with Crippen LogP contribution in [0.15, 0.2) is 0 Å². The Hall–Kier alpha value is -0.130. The van der Waals surface area contributed by atoms with Crippen molar-refractivity contribution in [3.8, 4) is 0 Å². The van der Waals surface area contributed by atoms with E-state index in [2.05, 4.69) is 6.92 Å². The van der Waals surface area contributed by atoms with Gasteiger partial charge in [0, 0.05) is 20.1 Å². The van der Waals surface area contributed by atoms with E-state index in [-0.39, 0.29) is 19.6 Å². The summed E-state index contributed by atoms with van der Waals surface area (Å²) in [4.78, 5) is 9.97. The Bertz CT molecular complexity index is 625. The molecule has 0 bridgehead atoms. The van der Waals surface area contributed by atoms with Gasteiger partial charge in [-0.2, -0.15) is 0 Å². The van der Waals surface area contributed by atoms with Gasteiger partial charge in [-0.3, -0.25) is 9.05 Å². The Morgan fingerprint density at radius 1 is 0.718 bits per heavy atom. The zero-order chi connectivity index (χ0) is 28.9. The number of aliphatic hydroxyl groups excluding tert-OH is 4. The maximum Gasteiger partial charge on any atom is 0.472 e. The lowest BCUT2D eigenvalue weighted by atomic mass is 9.87. The van der Waals surface area contributed by atoms with Crippen molar-refractivity contribution in [2.24, 2.45) is 0 Å². The highest BCUT2D eigenvalue weighted by atomic mass is 31.2. The molecule has 0 aromatic heterocycles. The maximum absolute atomic E-state index is 12.3. The van der Waals surface area contributed by atoms with Crippen LogP contribution >= 0.6 is 7.82 Å². The molecule has 1 saturated carbocycles. The summed E-state index contributed by atoms with van der Waals surface area (Å²) in [5, 5.41) is 39.2. The molecule has 0 aromatic rings. The number of phosphoric acid groups is 1. The van der Waals surface area contributed by atoms with Gasteiger partial charge in [-0.15, -0.1) is 0 Å². The average Bonchev–Trinajstić information content (AvgIpc) is 2.91. The van der Waals surface area contributed by atoms with E-state index in [1.165, 1.54) is 97.0 Å². The van der Waals surface area contributed by atoms with Crippen LogP contribution in [-0.2, 0) is 23.1 Å². The lowest BCUT2D eigenvalue weighted by molar-refractivity contribution is -0.173. The van der Waals surface area contributed by atoms with Gasteiger partial charge in [0.05, 0.1) is 25.4 Å². The number of hydrogen-bond donors (Lipinski definition) is 5. The van der Waals surface area contributed by atoms with Crippen LogP contribution < -0.4 is 0 Å². The van der Waals surface area contributed by atoms with Crippen LogP contribution in [0, 0.1) is 0 Å². The minimum Gasteiger partial charge on any atom is -0.390 e. The number of rotatable bonds is 25. The van der Waals surface area contributed by atoms with Crippen molar-refractivity contribution in [1.29, 1.82) is 0 Å². The summed E-state index contributed by atoms with van der Waals surface area (Å²) in [6, 6.07) is 0. The van der Waals surface area contributed by atoms with E-state index in [0.29, 0.717) is 6.61 Å². The van der Waals surface area contributed by atoms with Crippen molar-refractivity contribution in [3.63, 3.8) is 0 Å². The van der Waals surface area contributed by atoms with Crippen molar-refractivity contribution in [3.05, 3.63) is 0 Å². The van der Waals surface area contributed by atoms with Gasteiger partial charge in [0.25, 0.3) is 0 Å². The van der Waals surface area contributed by atoms with Crippen LogP contribution in [0.4, 0.5) is 0 Å². The molecule has 0 amide bonds. The second kappa shape index (κ2) is 22.5. The van der Waals surface area contributed by atoms with Crippen LogP contribution in [0.1, 0.15) is 116 Å². The Labute approximate surface area is 236 Å². The summed E-state index contributed by atoms with van der Waals surface area (Å²) in [5.74, 6) is 0. The molecule has 5 N–H and O–H groups in total. The number of hydrogen-bond acceptors (Lipinski definition) is 9. The fraction of sp³-hybridized carbons (Fsp3) is 1.00. The fourth-order valence-electron chi connectivity index (χ4n) is 4.82. The van der Waals surface area contributed by atoms with E-state index in [0.717, 1.165) is 12.8 Å². The first kappa shape index (κ1) is 36.9. The topological polar surface area (TPSA) is 155 Å². The molecule has 1 rings (SSSR count). The molecule has 11 heteroatoms. The Morgan fingerprint density at radius 2 is 1.21 bits per heavy atom. The first-order valence-corrected chi connectivity index (χ1v) is 16.7. The highest BCUT2D eigenvalue weighted by Gasteiger charge is 2.46. The van der Waals surface area contributed by atoms with Crippen LogP contribution in [0.2, 0.25) is 0 Å². The minimum absolute atomic E-state index is 0.175. The zero-order valence-electron chi connectivity index (χ0n) is 24.3. The van der Waals surface area contributed by atoms with Gasteiger partial charge in [0.2, 0.25) is 0 Å². The first-order chi connectivity index (χ1) is 18.7. The Balaban J connectivity index is 2.00. The summed E-state index contributed by atoms with van der Waals surface area (Å²) in [7, 11) is -3.24. The van der Waals surface area contributed by atoms with Gasteiger partial charge in [-0.05, 0) is 6.42 Å². The molecule has 10 nitrogen and oxygen atoms in total. The van der Waals surface area contributed by atoms with E-state index < -0.39 is 44.4 Å². The molecular weight excluding hydrogens is 527 g/mol. The third-order valence-electron chi connectivity index (χ3n) is 7.40. The number of ether oxygens (including phenoxy) is 2. The standard InChI is InChI=1S/C28H57O10P/c1-3-4-5-6-7-8-9-10-11-12-13-14-15-16-17-18-19-36-21-23(35-2)22-37-39(33,34)38-28-25(30)20-24(29)26(31)27(28)32/h23-32H,3-22H2,1-2H3,(H,33,34)/t23-,24-,25+,26+,27-,28-/m1/s1. The van der Waals surface area contributed by atoms with Gasteiger partial charge >= 0.3 is 7.82 Å². The third kappa shape index (κ3) is 17.4. The first-order valence-electron chi connectivity index (χ1n) is 15.2. The predicted octanol–water partition coefficient (Wildman–Crippen LogP) is 4.63. The fourth-order valence-corrected chi connectivity index (χ4v) is 5.80. The number of methoxy groups -OCH3 is 1. The van der Waals surface area contributed by atoms with E-state index in [9.17, 15) is 29.9 Å². The average molecular weight is 585 g/mol. The van der Waals surface area contributed by atoms with Gasteiger partial charge in [-0.1, -0.05) is 103 Å². The normalized spacial score (nSPS) is 26.0. The highest BCUT2D eigenvalue weighted by Crippen LogP contribution is 2.47. The third-order valence-corrected chi connectivity index (χ3v) is 8.39. The van der Waals surface area contributed by atoms with Crippen molar-refractivity contribution in [2.75, 3.05) is 26.9 Å². The molecule has 234 valence electrons. The van der Waals surface area contributed by atoms with Gasteiger partial charge < -0.3 is 34.8 Å². The van der Waals surface area contributed by atoms with Gasteiger partial charge in [-0.25, -0.2) is 4.57 Å². The van der Waals surface area contributed by atoms with Crippen LogP contribution in [0.3, 0.4) is 0 Å². The summed E-state index contributed by atoms with van der Waals surface area (Å²) in [6.07, 6.45) is 12.2.